The van der Waals surface area contributed by atoms with Crippen molar-refractivity contribution in [3.05, 3.63) is 41.3 Å². The van der Waals surface area contributed by atoms with Crippen LogP contribution in [0.1, 0.15) is 41.6 Å². The summed E-state index contributed by atoms with van der Waals surface area (Å²) in [5.74, 6) is -0.597. The maximum absolute atomic E-state index is 13.0. The molecule has 0 spiro atoms. The molecule has 1 aliphatic rings. The van der Waals surface area contributed by atoms with E-state index in [1.54, 1.807) is 38.1 Å². The molecule has 9 heteroatoms. The van der Waals surface area contributed by atoms with Gasteiger partial charge in [-0.15, -0.1) is 0 Å². The van der Waals surface area contributed by atoms with Crippen LogP contribution in [0.5, 0.6) is 0 Å². The minimum Gasteiger partial charge on any atom is -0.360 e. The van der Waals surface area contributed by atoms with Crippen LogP contribution in [0.2, 0.25) is 0 Å². The number of nitrogens with one attached hydrogen (secondary N) is 1. The maximum Gasteiger partial charge on any atom is 0.248 e. The van der Waals surface area contributed by atoms with Gasteiger partial charge in [0.15, 0.2) is 11.5 Å². The van der Waals surface area contributed by atoms with E-state index in [4.69, 9.17) is 4.52 Å². The van der Waals surface area contributed by atoms with Gasteiger partial charge < -0.3 is 9.84 Å². The quantitative estimate of drug-likeness (QED) is 0.766. The van der Waals surface area contributed by atoms with Crippen LogP contribution in [-0.2, 0) is 14.8 Å². The number of carbonyl (C=O) groups excluding carboxylic acids is 2. The molecule has 0 aliphatic carbocycles. The SMILES string of the molecule is CC(=O)c1cccc(NC(=O)C2CCCN(S(=O)(=O)c3c(C)noc3C)C2)c1. The first-order chi connectivity index (χ1) is 13.2. The van der Waals surface area contributed by atoms with Crippen LogP contribution in [-0.4, -0.2) is 42.7 Å². The number of carbonyl (C=O) groups is 2. The molecule has 0 radical (unpaired) electrons. The van der Waals surface area contributed by atoms with Crippen LogP contribution >= 0.6 is 0 Å². The molecule has 1 fully saturated rings. The third-order valence-corrected chi connectivity index (χ3v) is 6.97. The van der Waals surface area contributed by atoms with Crippen LogP contribution in [0.15, 0.2) is 33.7 Å². The fourth-order valence-corrected chi connectivity index (χ4v) is 5.22. The van der Waals surface area contributed by atoms with Crippen molar-refractivity contribution in [1.29, 1.82) is 0 Å². The second kappa shape index (κ2) is 7.84. The van der Waals surface area contributed by atoms with Crippen molar-refractivity contribution in [2.75, 3.05) is 18.4 Å². The molecule has 1 aliphatic heterocycles. The Bertz CT molecular complexity index is 993. The normalized spacial score (nSPS) is 18.0. The number of nitrogens with zero attached hydrogens (tertiary/aromatic N) is 2. The topological polar surface area (TPSA) is 110 Å². The largest absolute Gasteiger partial charge is 0.360 e. The first-order valence-corrected chi connectivity index (χ1v) is 10.5. The number of rotatable bonds is 5. The van der Waals surface area contributed by atoms with Crippen LogP contribution in [0, 0.1) is 19.8 Å². The Morgan fingerprint density at radius 2 is 2.04 bits per heavy atom. The molecule has 150 valence electrons. The summed E-state index contributed by atoms with van der Waals surface area (Å²) in [7, 11) is -3.78. The molecular formula is C19H23N3O5S. The zero-order chi connectivity index (χ0) is 20.5. The monoisotopic (exact) mass is 405 g/mol. The smallest absolute Gasteiger partial charge is 0.248 e. The van der Waals surface area contributed by atoms with Crippen molar-refractivity contribution < 1.29 is 22.5 Å². The lowest BCUT2D eigenvalue weighted by atomic mass is 9.98. The highest BCUT2D eigenvalue weighted by Gasteiger charge is 2.36. The Kier molecular flexibility index (Phi) is 5.66. The van der Waals surface area contributed by atoms with Gasteiger partial charge in [-0.2, -0.15) is 4.31 Å². The van der Waals surface area contributed by atoms with Gasteiger partial charge in [0, 0.05) is 24.3 Å². The summed E-state index contributed by atoms with van der Waals surface area (Å²) < 4.78 is 32.3. The number of amides is 1. The van der Waals surface area contributed by atoms with Crippen LogP contribution in [0.25, 0.3) is 0 Å². The van der Waals surface area contributed by atoms with Gasteiger partial charge in [-0.05, 0) is 45.7 Å². The number of anilines is 1. The molecule has 2 heterocycles. The third kappa shape index (κ3) is 4.00. The zero-order valence-electron chi connectivity index (χ0n) is 16.1. The Labute approximate surface area is 163 Å². The summed E-state index contributed by atoms with van der Waals surface area (Å²) in [5.41, 5.74) is 1.33. The van der Waals surface area contributed by atoms with E-state index in [1.165, 1.54) is 11.2 Å². The van der Waals surface area contributed by atoms with E-state index in [1.807, 2.05) is 0 Å². The molecule has 0 bridgehead atoms. The first kappa shape index (κ1) is 20.2. The number of aromatic nitrogens is 1. The van der Waals surface area contributed by atoms with Crippen LogP contribution in [0.3, 0.4) is 0 Å². The van der Waals surface area contributed by atoms with Crippen molar-refractivity contribution in [3.8, 4) is 0 Å². The second-order valence-corrected chi connectivity index (χ2v) is 8.86. The van der Waals surface area contributed by atoms with Gasteiger partial charge in [0.1, 0.15) is 10.6 Å². The van der Waals surface area contributed by atoms with Gasteiger partial charge in [0.2, 0.25) is 15.9 Å². The molecule has 1 aromatic heterocycles. The predicted molar refractivity (Wildman–Crippen MR) is 103 cm³/mol. The molecule has 8 nitrogen and oxygen atoms in total. The van der Waals surface area contributed by atoms with Crippen LogP contribution in [0.4, 0.5) is 5.69 Å². The summed E-state index contributed by atoms with van der Waals surface area (Å²) in [4.78, 5) is 24.3. The summed E-state index contributed by atoms with van der Waals surface area (Å²) in [6.45, 7) is 5.03. The minimum atomic E-state index is -3.78. The molecule has 1 aromatic carbocycles. The highest BCUT2D eigenvalue weighted by molar-refractivity contribution is 7.89. The fourth-order valence-electron chi connectivity index (χ4n) is 3.41. The molecule has 1 atom stereocenters. The van der Waals surface area contributed by atoms with E-state index >= 15 is 0 Å². The molecule has 1 saturated heterocycles. The average molecular weight is 405 g/mol. The van der Waals surface area contributed by atoms with Gasteiger partial charge in [-0.25, -0.2) is 8.42 Å². The summed E-state index contributed by atoms with van der Waals surface area (Å²) in [6, 6.07) is 6.69. The van der Waals surface area contributed by atoms with Gasteiger partial charge in [-0.3, -0.25) is 9.59 Å². The van der Waals surface area contributed by atoms with Crippen molar-refractivity contribution in [2.24, 2.45) is 5.92 Å². The molecule has 1 unspecified atom stereocenters. The zero-order valence-corrected chi connectivity index (χ0v) is 16.9. The van der Waals surface area contributed by atoms with E-state index in [9.17, 15) is 18.0 Å². The summed E-state index contributed by atoms with van der Waals surface area (Å²) in [6.07, 6.45) is 1.17. The molecular weight excluding hydrogens is 382 g/mol. The Hall–Kier alpha value is -2.52. The highest BCUT2D eigenvalue weighted by atomic mass is 32.2. The molecule has 1 amide bonds. The lowest BCUT2D eigenvalue weighted by Crippen LogP contribution is -2.43. The number of sulfonamides is 1. The number of benzene rings is 1. The van der Waals surface area contributed by atoms with Gasteiger partial charge in [0.25, 0.3) is 0 Å². The standard InChI is InChI=1S/C19H23N3O5S/c1-12-18(14(3)27-21-12)28(25,26)22-9-5-7-16(11-22)19(24)20-17-8-4-6-15(10-17)13(2)23/h4,6,8,10,16H,5,7,9,11H2,1-3H3,(H,20,24). The fraction of sp³-hybridized carbons (Fsp3) is 0.421. The highest BCUT2D eigenvalue weighted by Crippen LogP contribution is 2.28. The van der Waals surface area contributed by atoms with Crippen molar-refractivity contribution in [3.63, 3.8) is 0 Å². The van der Waals surface area contributed by atoms with Crippen LogP contribution < -0.4 is 5.32 Å². The summed E-state index contributed by atoms with van der Waals surface area (Å²) in [5, 5.41) is 6.51. The minimum absolute atomic E-state index is 0.0720. The number of piperidine rings is 1. The Morgan fingerprint density at radius 1 is 1.29 bits per heavy atom. The molecule has 3 rings (SSSR count). The van der Waals surface area contributed by atoms with E-state index in [0.29, 0.717) is 36.3 Å². The van der Waals surface area contributed by atoms with Crippen molar-refractivity contribution in [1.82, 2.24) is 9.46 Å². The van der Waals surface area contributed by atoms with Crippen molar-refractivity contribution >= 4 is 27.4 Å². The van der Waals surface area contributed by atoms with E-state index in [-0.39, 0.29) is 28.9 Å². The lowest BCUT2D eigenvalue weighted by molar-refractivity contribution is -0.120. The van der Waals surface area contributed by atoms with Gasteiger partial charge >= 0.3 is 0 Å². The predicted octanol–water partition coefficient (Wildman–Crippen LogP) is 2.53. The van der Waals surface area contributed by atoms with Gasteiger partial charge in [0.05, 0.1) is 5.92 Å². The molecule has 2 aromatic rings. The molecule has 28 heavy (non-hydrogen) atoms. The average Bonchev–Trinajstić information content (AvgIpc) is 3.01. The second-order valence-electron chi connectivity index (χ2n) is 6.98. The number of aryl methyl sites for hydroxylation is 2. The van der Waals surface area contributed by atoms with Gasteiger partial charge in [-0.1, -0.05) is 17.3 Å². The maximum atomic E-state index is 13.0. The molecule has 1 N–H and O–H groups in total. The van der Waals surface area contributed by atoms with E-state index in [0.717, 1.165) is 0 Å². The number of Topliss-reactive ketones (excluding diaryl/α,β-unsaturated/α-hetero) is 1. The summed E-state index contributed by atoms with van der Waals surface area (Å²) >= 11 is 0. The lowest BCUT2D eigenvalue weighted by Gasteiger charge is -2.31. The number of hydrogen-bond acceptors (Lipinski definition) is 6. The molecule has 0 saturated carbocycles. The van der Waals surface area contributed by atoms with E-state index in [2.05, 4.69) is 10.5 Å². The third-order valence-electron chi connectivity index (χ3n) is 4.86. The number of hydrogen-bond donors (Lipinski definition) is 1. The Morgan fingerprint density at radius 3 is 2.68 bits per heavy atom. The number of ketones is 1. The van der Waals surface area contributed by atoms with Crippen molar-refractivity contribution in [2.45, 2.75) is 38.5 Å². The first-order valence-electron chi connectivity index (χ1n) is 9.05. The van der Waals surface area contributed by atoms with E-state index < -0.39 is 15.9 Å². The Balaban J connectivity index is 1.75.